The van der Waals surface area contributed by atoms with Crippen LogP contribution < -0.4 is 5.73 Å². The number of nitrogens with two attached hydrogens (primary N) is 1. The Morgan fingerprint density at radius 3 is 2.41 bits per heavy atom. The van der Waals surface area contributed by atoms with Gasteiger partial charge in [-0.25, -0.2) is 0 Å². The van der Waals surface area contributed by atoms with Crippen LogP contribution in [0.4, 0.5) is 0 Å². The van der Waals surface area contributed by atoms with E-state index in [0.29, 0.717) is 6.54 Å². The fourth-order valence-corrected chi connectivity index (χ4v) is 1.96. The summed E-state index contributed by atoms with van der Waals surface area (Å²) >= 11 is 3.42. The van der Waals surface area contributed by atoms with Crippen molar-refractivity contribution in [1.29, 1.82) is 0 Å². The number of benzene rings is 1. The molecule has 0 saturated heterocycles. The van der Waals surface area contributed by atoms with Gasteiger partial charge < -0.3 is 10.5 Å². The molecule has 0 aliphatic heterocycles. The lowest BCUT2D eigenvalue weighted by Crippen LogP contribution is -2.16. The smallest absolute Gasteiger partial charge is 0.0947 e. The van der Waals surface area contributed by atoms with E-state index in [0.717, 1.165) is 29.0 Å². The molecule has 1 rings (SSSR count). The van der Waals surface area contributed by atoms with Crippen molar-refractivity contribution in [3.05, 3.63) is 34.3 Å². The lowest BCUT2D eigenvalue weighted by Gasteiger charge is -2.17. The molecule has 2 N–H and O–H groups in total. The Kier molecular flexibility index (Phi) is 6.78. The standard InChI is InChI=1S/C14H22BrNO/c1-11(2)4-3-9-17-14(10-16)12-5-7-13(15)8-6-12/h5-8,11,14H,3-4,9-10,16H2,1-2H3. The SMILES string of the molecule is CC(C)CCCOC(CN)c1ccc(Br)cc1. The highest BCUT2D eigenvalue weighted by molar-refractivity contribution is 9.10. The highest BCUT2D eigenvalue weighted by Crippen LogP contribution is 2.19. The molecule has 0 heterocycles. The van der Waals surface area contributed by atoms with Crippen molar-refractivity contribution in [2.75, 3.05) is 13.2 Å². The van der Waals surface area contributed by atoms with Crippen molar-refractivity contribution < 1.29 is 4.74 Å². The summed E-state index contributed by atoms with van der Waals surface area (Å²) in [6.07, 6.45) is 2.33. The minimum absolute atomic E-state index is 0.0234. The second-order valence-electron chi connectivity index (χ2n) is 4.68. The molecule has 0 fully saturated rings. The normalized spacial score (nSPS) is 13.0. The number of ether oxygens (including phenoxy) is 1. The van der Waals surface area contributed by atoms with Crippen molar-refractivity contribution in [3.8, 4) is 0 Å². The van der Waals surface area contributed by atoms with E-state index in [-0.39, 0.29) is 6.10 Å². The van der Waals surface area contributed by atoms with Crippen molar-refractivity contribution in [1.82, 2.24) is 0 Å². The van der Waals surface area contributed by atoms with E-state index < -0.39 is 0 Å². The van der Waals surface area contributed by atoms with E-state index in [1.165, 1.54) is 6.42 Å². The van der Waals surface area contributed by atoms with Gasteiger partial charge in [-0.1, -0.05) is 41.9 Å². The van der Waals surface area contributed by atoms with Crippen molar-refractivity contribution >= 4 is 15.9 Å². The van der Waals surface area contributed by atoms with E-state index in [2.05, 4.69) is 41.9 Å². The van der Waals surface area contributed by atoms with Gasteiger partial charge in [-0.15, -0.1) is 0 Å². The van der Waals surface area contributed by atoms with Crippen LogP contribution in [0.5, 0.6) is 0 Å². The molecular weight excluding hydrogens is 278 g/mol. The average Bonchev–Trinajstić information content (AvgIpc) is 2.30. The molecule has 96 valence electrons. The summed E-state index contributed by atoms with van der Waals surface area (Å²) in [7, 11) is 0. The highest BCUT2D eigenvalue weighted by atomic mass is 79.9. The average molecular weight is 300 g/mol. The van der Waals surface area contributed by atoms with E-state index in [1.807, 2.05) is 12.1 Å². The third kappa shape index (κ3) is 5.66. The molecule has 0 spiro atoms. The van der Waals surface area contributed by atoms with Crippen LogP contribution in [0.3, 0.4) is 0 Å². The molecule has 0 radical (unpaired) electrons. The molecule has 1 aromatic rings. The summed E-state index contributed by atoms with van der Waals surface area (Å²) in [5.41, 5.74) is 6.90. The number of hydrogen-bond acceptors (Lipinski definition) is 2. The Bertz CT molecular complexity index is 311. The fourth-order valence-electron chi connectivity index (χ4n) is 1.69. The van der Waals surface area contributed by atoms with E-state index in [1.54, 1.807) is 0 Å². The molecule has 0 saturated carbocycles. The summed E-state index contributed by atoms with van der Waals surface area (Å²) < 4.78 is 6.91. The van der Waals surface area contributed by atoms with Gasteiger partial charge in [0, 0.05) is 17.6 Å². The maximum atomic E-state index is 5.83. The summed E-state index contributed by atoms with van der Waals surface area (Å²) in [4.78, 5) is 0. The number of rotatable bonds is 7. The maximum absolute atomic E-state index is 5.83. The first-order valence-corrected chi connectivity index (χ1v) is 7.00. The third-order valence-corrected chi connectivity index (χ3v) is 3.23. The topological polar surface area (TPSA) is 35.2 Å². The molecule has 2 nitrogen and oxygen atoms in total. The zero-order chi connectivity index (χ0) is 12.7. The molecule has 0 aliphatic carbocycles. The summed E-state index contributed by atoms with van der Waals surface area (Å²) in [5, 5.41) is 0. The summed E-state index contributed by atoms with van der Waals surface area (Å²) in [5.74, 6) is 0.739. The zero-order valence-electron chi connectivity index (χ0n) is 10.7. The Hall–Kier alpha value is -0.380. The molecule has 0 bridgehead atoms. The van der Waals surface area contributed by atoms with E-state index in [4.69, 9.17) is 10.5 Å². The van der Waals surface area contributed by atoms with Crippen molar-refractivity contribution in [2.45, 2.75) is 32.8 Å². The van der Waals surface area contributed by atoms with Crippen molar-refractivity contribution in [2.24, 2.45) is 11.7 Å². The first-order chi connectivity index (χ1) is 8.13. The molecule has 1 atom stereocenters. The molecule has 17 heavy (non-hydrogen) atoms. The Balaban J connectivity index is 2.40. The van der Waals surface area contributed by atoms with Gasteiger partial charge in [-0.05, 0) is 36.5 Å². The third-order valence-electron chi connectivity index (χ3n) is 2.70. The van der Waals surface area contributed by atoms with Crippen LogP contribution in [0.2, 0.25) is 0 Å². The summed E-state index contributed by atoms with van der Waals surface area (Å²) in [6.45, 7) is 5.78. The molecule has 1 aromatic carbocycles. The fraction of sp³-hybridized carbons (Fsp3) is 0.571. The Labute approximate surface area is 113 Å². The van der Waals surface area contributed by atoms with Crippen LogP contribution >= 0.6 is 15.9 Å². The maximum Gasteiger partial charge on any atom is 0.0947 e. The van der Waals surface area contributed by atoms with Crippen LogP contribution in [0.15, 0.2) is 28.7 Å². The molecule has 0 aliphatic rings. The van der Waals surface area contributed by atoms with Crippen LogP contribution in [-0.2, 0) is 4.74 Å². The number of hydrogen-bond donors (Lipinski definition) is 1. The van der Waals surface area contributed by atoms with Crippen LogP contribution in [0.25, 0.3) is 0 Å². The predicted molar refractivity (Wildman–Crippen MR) is 76.0 cm³/mol. The lowest BCUT2D eigenvalue weighted by atomic mass is 10.1. The largest absolute Gasteiger partial charge is 0.372 e. The van der Waals surface area contributed by atoms with Gasteiger partial charge in [0.1, 0.15) is 0 Å². The first kappa shape index (κ1) is 14.7. The number of halogens is 1. The zero-order valence-corrected chi connectivity index (χ0v) is 12.2. The summed E-state index contributed by atoms with van der Waals surface area (Å²) in [6, 6.07) is 8.17. The van der Waals surface area contributed by atoms with Gasteiger partial charge in [0.15, 0.2) is 0 Å². The van der Waals surface area contributed by atoms with Crippen LogP contribution in [0, 0.1) is 5.92 Å². The van der Waals surface area contributed by atoms with Gasteiger partial charge in [0.25, 0.3) is 0 Å². The molecular formula is C14H22BrNO. The van der Waals surface area contributed by atoms with E-state index >= 15 is 0 Å². The minimum atomic E-state index is 0.0234. The second-order valence-corrected chi connectivity index (χ2v) is 5.60. The molecule has 0 aromatic heterocycles. The molecule has 3 heteroatoms. The van der Waals surface area contributed by atoms with Crippen LogP contribution in [0.1, 0.15) is 38.4 Å². The Morgan fingerprint density at radius 1 is 1.24 bits per heavy atom. The molecule has 1 unspecified atom stereocenters. The van der Waals surface area contributed by atoms with Gasteiger partial charge in [-0.2, -0.15) is 0 Å². The lowest BCUT2D eigenvalue weighted by molar-refractivity contribution is 0.0546. The van der Waals surface area contributed by atoms with E-state index in [9.17, 15) is 0 Å². The monoisotopic (exact) mass is 299 g/mol. The second kappa shape index (κ2) is 7.85. The van der Waals surface area contributed by atoms with Gasteiger partial charge in [0.05, 0.1) is 6.10 Å². The van der Waals surface area contributed by atoms with Gasteiger partial charge in [-0.3, -0.25) is 0 Å². The quantitative estimate of drug-likeness (QED) is 0.775. The predicted octanol–water partition coefficient (Wildman–Crippen LogP) is 3.90. The highest BCUT2D eigenvalue weighted by Gasteiger charge is 2.09. The Morgan fingerprint density at radius 2 is 1.88 bits per heavy atom. The minimum Gasteiger partial charge on any atom is -0.372 e. The van der Waals surface area contributed by atoms with Gasteiger partial charge in [0.2, 0.25) is 0 Å². The molecule has 0 amide bonds. The van der Waals surface area contributed by atoms with Crippen molar-refractivity contribution in [3.63, 3.8) is 0 Å². The van der Waals surface area contributed by atoms with Gasteiger partial charge >= 0.3 is 0 Å². The first-order valence-electron chi connectivity index (χ1n) is 6.20. The van der Waals surface area contributed by atoms with Crippen LogP contribution in [-0.4, -0.2) is 13.2 Å².